The van der Waals surface area contributed by atoms with E-state index in [-0.39, 0.29) is 11.8 Å². The van der Waals surface area contributed by atoms with E-state index in [0.717, 1.165) is 28.6 Å². The molecule has 0 radical (unpaired) electrons. The van der Waals surface area contributed by atoms with Crippen LogP contribution in [-0.2, 0) is 11.3 Å². The number of carbonyl (C=O) groups is 1. The van der Waals surface area contributed by atoms with Gasteiger partial charge >= 0.3 is 0 Å². The van der Waals surface area contributed by atoms with Gasteiger partial charge in [-0.15, -0.1) is 0 Å². The van der Waals surface area contributed by atoms with Crippen molar-refractivity contribution in [1.82, 2.24) is 5.32 Å². The number of hydrogen-bond donors (Lipinski definition) is 1. The maximum absolute atomic E-state index is 11.5. The van der Waals surface area contributed by atoms with E-state index in [4.69, 9.17) is 4.74 Å². The van der Waals surface area contributed by atoms with Gasteiger partial charge in [-0.2, -0.15) is 0 Å². The zero-order chi connectivity index (χ0) is 11.5. The molecule has 0 bridgehead atoms. The molecule has 1 aromatic rings. The topological polar surface area (TPSA) is 38.3 Å². The molecule has 1 amide bonds. The van der Waals surface area contributed by atoms with Gasteiger partial charge in [-0.3, -0.25) is 4.79 Å². The average Bonchev–Trinajstić information content (AvgIpc) is 3.10. The molecule has 0 atom stereocenters. The molecule has 1 aromatic carbocycles. The SMILES string of the molecule is COc1ccc(Br)cc1CNC(=O)C1CC1. The smallest absolute Gasteiger partial charge is 0.223 e. The molecule has 0 aliphatic heterocycles. The van der Waals surface area contributed by atoms with E-state index >= 15 is 0 Å². The molecule has 0 heterocycles. The van der Waals surface area contributed by atoms with Gasteiger partial charge in [-0.25, -0.2) is 0 Å². The Balaban J connectivity index is 2.01. The summed E-state index contributed by atoms with van der Waals surface area (Å²) in [6, 6.07) is 5.78. The van der Waals surface area contributed by atoms with Gasteiger partial charge in [0.25, 0.3) is 0 Å². The minimum atomic E-state index is 0.155. The number of carbonyl (C=O) groups excluding carboxylic acids is 1. The van der Waals surface area contributed by atoms with Crippen LogP contribution in [0.5, 0.6) is 5.75 Å². The first kappa shape index (κ1) is 11.5. The number of hydrogen-bond acceptors (Lipinski definition) is 2. The molecule has 3 nitrogen and oxygen atoms in total. The first-order valence-corrected chi connectivity index (χ1v) is 6.10. The Morgan fingerprint density at radius 2 is 2.31 bits per heavy atom. The molecule has 1 aliphatic rings. The minimum absolute atomic E-state index is 0.155. The molecule has 1 aliphatic carbocycles. The highest BCUT2D eigenvalue weighted by atomic mass is 79.9. The van der Waals surface area contributed by atoms with Crippen molar-refractivity contribution >= 4 is 21.8 Å². The summed E-state index contributed by atoms with van der Waals surface area (Å²) < 4.78 is 6.23. The van der Waals surface area contributed by atoms with Gasteiger partial charge in [0.05, 0.1) is 7.11 Å². The maximum Gasteiger partial charge on any atom is 0.223 e. The number of rotatable bonds is 4. The third-order valence-corrected chi connectivity index (χ3v) is 3.14. The van der Waals surface area contributed by atoms with Crippen LogP contribution in [0.3, 0.4) is 0 Å². The second-order valence-corrected chi connectivity index (χ2v) is 4.86. The molecule has 0 saturated heterocycles. The fraction of sp³-hybridized carbons (Fsp3) is 0.417. The molecule has 1 saturated carbocycles. The zero-order valence-electron chi connectivity index (χ0n) is 9.13. The van der Waals surface area contributed by atoms with Gasteiger partial charge < -0.3 is 10.1 Å². The van der Waals surface area contributed by atoms with Gasteiger partial charge in [-0.1, -0.05) is 15.9 Å². The lowest BCUT2D eigenvalue weighted by molar-refractivity contribution is -0.122. The summed E-state index contributed by atoms with van der Waals surface area (Å²) in [6.07, 6.45) is 2.06. The fourth-order valence-electron chi connectivity index (χ4n) is 1.56. The molecule has 0 aromatic heterocycles. The molecule has 0 unspecified atom stereocenters. The summed E-state index contributed by atoms with van der Waals surface area (Å²) in [5.41, 5.74) is 0.992. The molecule has 86 valence electrons. The summed E-state index contributed by atoms with van der Waals surface area (Å²) in [5, 5.41) is 2.92. The van der Waals surface area contributed by atoms with Crippen molar-refractivity contribution in [2.45, 2.75) is 19.4 Å². The van der Waals surface area contributed by atoms with Crippen LogP contribution in [-0.4, -0.2) is 13.0 Å². The van der Waals surface area contributed by atoms with E-state index in [1.165, 1.54) is 0 Å². The summed E-state index contributed by atoms with van der Waals surface area (Å²) in [4.78, 5) is 11.5. The Morgan fingerprint density at radius 3 is 2.94 bits per heavy atom. The van der Waals surface area contributed by atoms with E-state index in [1.54, 1.807) is 7.11 Å². The van der Waals surface area contributed by atoms with Gasteiger partial charge in [0.2, 0.25) is 5.91 Å². The quantitative estimate of drug-likeness (QED) is 0.922. The van der Waals surface area contributed by atoms with E-state index in [9.17, 15) is 4.79 Å². The van der Waals surface area contributed by atoms with Crippen LogP contribution >= 0.6 is 15.9 Å². The van der Waals surface area contributed by atoms with E-state index in [2.05, 4.69) is 21.2 Å². The van der Waals surface area contributed by atoms with E-state index in [1.807, 2.05) is 18.2 Å². The van der Waals surface area contributed by atoms with Crippen LogP contribution in [0, 0.1) is 5.92 Å². The Morgan fingerprint density at radius 1 is 1.56 bits per heavy atom. The third-order valence-electron chi connectivity index (χ3n) is 2.64. The molecular weight excluding hydrogens is 270 g/mol. The Bertz CT molecular complexity index is 402. The lowest BCUT2D eigenvalue weighted by atomic mass is 10.2. The fourth-order valence-corrected chi connectivity index (χ4v) is 1.97. The van der Waals surface area contributed by atoms with Crippen LogP contribution < -0.4 is 10.1 Å². The predicted octanol–water partition coefficient (Wildman–Crippen LogP) is 2.48. The monoisotopic (exact) mass is 283 g/mol. The largest absolute Gasteiger partial charge is 0.496 e. The lowest BCUT2D eigenvalue weighted by Gasteiger charge is -2.10. The van der Waals surface area contributed by atoms with Crippen molar-refractivity contribution in [2.24, 2.45) is 5.92 Å². The summed E-state index contributed by atoms with van der Waals surface area (Å²) >= 11 is 3.41. The third kappa shape index (κ3) is 2.76. The van der Waals surface area contributed by atoms with Crippen LogP contribution in [0.2, 0.25) is 0 Å². The minimum Gasteiger partial charge on any atom is -0.496 e. The second kappa shape index (κ2) is 4.87. The zero-order valence-corrected chi connectivity index (χ0v) is 10.7. The Labute approximate surface area is 103 Å². The summed E-state index contributed by atoms with van der Waals surface area (Å²) in [5.74, 6) is 1.21. The van der Waals surface area contributed by atoms with Gasteiger partial charge in [0.15, 0.2) is 0 Å². The number of nitrogens with one attached hydrogen (secondary N) is 1. The Hall–Kier alpha value is -1.03. The molecule has 2 rings (SSSR count). The predicted molar refractivity (Wildman–Crippen MR) is 65.3 cm³/mol. The second-order valence-electron chi connectivity index (χ2n) is 3.95. The van der Waals surface area contributed by atoms with Crippen LogP contribution in [0.1, 0.15) is 18.4 Å². The number of benzene rings is 1. The highest BCUT2D eigenvalue weighted by molar-refractivity contribution is 9.10. The van der Waals surface area contributed by atoms with Crippen molar-refractivity contribution in [1.29, 1.82) is 0 Å². The number of ether oxygens (including phenoxy) is 1. The molecule has 16 heavy (non-hydrogen) atoms. The number of amides is 1. The first-order valence-electron chi connectivity index (χ1n) is 5.31. The van der Waals surface area contributed by atoms with Crippen molar-refractivity contribution in [3.63, 3.8) is 0 Å². The normalized spacial score (nSPS) is 14.6. The van der Waals surface area contributed by atoms with Crippen molar-refractivity contribution in [3.8, 4) is 5.75 Å². The standard InChI is InChI=1S/C12H14BrNO2/c1-16-11-5-4-10(13)6-9(11)7-14-12(15)8-2-3-8/h4-6,8H,2-3,7H2,1H3,(H,14,15). The van der Waals surface area contributed by atoms with Crippen molar-refractivity contribution < 1.29 is 9.53 Å². The van der Waals surface area contributed by atoms with E-state index < -0.39 is 0 Å². The maximum atomic E-state index is 11.5. The first-order chi connectivity index (χ1) is 7.70. The average molecular weight is 284 g/mol. The number of halogens is 1. The van der Waals surface area contributed by atoms with Crippen LogP contribution in [0.15, 0.2) is 22.7 Å². The molecular formula is C12H14BrNO2. The summed E-state index contributed by atoms with van der Waals surface area (Å²) in [7, 11) is 1.63. The summed E-state index contributed by atoms with van der Waals surface area (Å²) in [6.45, 7) is 0.526. The molecule has 1 N–H and O–H groups in total. The van der Waals surface area contributed by atoms with Gasteiger partial charge in [0.1, 0.15) is 5.75 Å². The van der Waals surface area contributed by atoms with E-state index in [0.29, 0.717) is 6.54 Å². The molecule has 1 fully saturated rings. The van der Waals surface area contributed by atoms with Gasteiger partial charge in [0, 0.05) is 22.5 Å². The van der Waals surface area contributed by atoms with Crippen molar-refractivity contribution in [3.05, 3.63) is 28.2 Å². The Kier molecular flexibility index (Phi) is 3.49. The molecule has 4 heteroatoms. The van der Waals surface area contributed by atoms with Crippen molar-refractivity contribution in [2.75, 3.05) is 7.11 Å². The molecule has 0 spiro atoms. The van der Waals surface area contributed by atoms with Gasteiger partial charge in [-0.05, 0) is 31.0 Å². The highest BCUT2D eigenvalue weighted by Gasteiger charge is 2.29. The number of methoxy groups -OCH3 is 1. The van der Waals surface area contributed by atoms with Crippen LogP contribution in [0.4, 0.5) is 0 Å². The lowest BCUT2D eigenvalue weighted by Crippen LogP contribution is -2.24. The van der Waals surface area contributed by atoms with Crippen LogP contribution in [0.25, 0.3) is 0 Å². The highest BCUT2D eigenvalue weighted by Crippen LogP contribution is 2.29.